The molecule has 92 valence electrons. The molecule has 1 aromatic carbocycles. The lowest BCUT2D eigenvalue weighted by atomic mass is 10.0. The van der Waals surface area contributed by atoms with Gasteiger partial charge >= 0.3 is 0 Å². The van der Waals surface area contributed by atoms with Crippen LogP contribution in [0.2, 0.25) is 0 Å². The van der Waals surface area contributed by atoms with Gasteiger partial charge in [-0.15, -0.1) is 0 Å². The Morgan fingerprint density at radius 3 is 2.88 bits per heavy atom. The highest BCUT2D eigenvalue weighted by Crippen LogP contribution is 2.21. The number of amides is 1. The normalized spacial score (nSPS) is 23.7. The Kier molecular flexibility index (Phi) is 3.81. The molecule has 1 saturated heterocycles. The summed E-state index contributed by atoms with van der Waals surface area (Å²) in [6.07, 6.45) is 0. The van der Waals surface area contributed by atoms with E-state index in [0.717, 1.165) is 15.7 Å². The smallest absolute Gasteiger partial charge is 0.231 e. The van der Waals surface area contributed by atoms with Crippen molar-refractivity contribution >= 4 is 27.5 Å². The van der Waals surface area contributed by atoms with Gasteiger partial charge in [-0.3, -0.25) is 4.79 Å². The number of halogens is 1. The molecule has 0 spiro atoms. The number of aryl methyl sites for hydroxylation is 1. The van der Waals surface area contributed by atoms with E-state index in [-0.39, 0.29) is 17.9 Å². The molecule has 3 N–H and O–H groups in total. The van der Waals surface area contributed by atoms with Crippen molar-refractivity contribution in [3.63, 3.8) is 0 Å². The number of anilines is 1. The van der Waals surface area contributed by atoms with E-state index in [4.69, 9.17) is 10.5 Å². The van der Waals surface area contributed by atoms with Gasteiger partial charge in [-0.25, -0.2) is 0 Å². The quantitative estimate of drug-likeness (QED) is 0.873. The first kappa shape index (κ1) is 12.5. The van der Waals surface area contributed by atoms with Gasteiger partial charge in [0.05, 0.1) is 19.1 Å². The first-order chi connectivity index (χ1) is 8.08. The third kappa shape index (κ3) is 2.86. The van der Waals surface area contributed by atoms with Gasteiger partial charge in [-0.1, -0.05) is 15.9 Å². The summed E-state index contributed by atoms with van der Waals surface area (Å²) in [4.78, 5) is 12.0. The zero-order chi connectivity index (χ0) is 12.4. The molecule has 1 aliphatic rings. The maximum absolute atomic E-state index is 12.0. The molecule has 1 aromatic rings. The standard InChI is InChI=1S/C12H15BrN2O2/c1-7-4-8(13)2-3-11(7)15-12(16)9-5-17-6-10(9)14/h2-4,9-10H,5-6,14H2,1H3,(H,15,16). The maximum atomic E-state index is 12.0. The van der Waals surface area contributed by atoms with Crippen LogP contribution in [0.4, 0.5) is 5.69 Å². The van der Waals surface area contributed by atoms with Crippen LogP contribution in [0.5, 0.6) is 0 Å². The summed E-state index contributed by atoms with van der Waals surface area (Å²) in [5.74, 6) is -0.321. The molecule has 0 aromatic heterocycles. The van der Waals surface area contributed by atoms with Crippen LogP contribution in [-0.4, -0.2) is 25.2 Å². The molecule has 2 atom stereocenters. The van der Waals surface area contributed by atoms with Crippen LogP contribution in [-0.2, 0) is 9.53 Å². The van der Waals surface area contributed by atoms with Crippen LogP contribution in [0.15, 0.2) is 22.7 Å². The number of rotatable bonds is 2. The molecule has 0 aliphatic carbocycles. The van der Waals surface area contributed by atoms with Crippen molar-refractivity contribution < 1.29 is 9.53 Å². The molecular weight excluding hydrogens is 284 g/mol. The summed E-state index contributed by atoms with van der Waals surface area (Å²) < 4.78 is 6.18. The Labute approximate surface area is 109 Å². The largest absolute Gasteiger partial charge is 0.379 e. The molecule has 1 heterocycles. The second-order valence-corrected chi connectivity index (χ2v) is 5.17. The van der Waals surface area contributed by atoms with Gasteiger partial charge in [0.15, 0.2) is 0 Å². The summed E-state index contributed by atoms with van der Waals surface area (Å²) in [6.45, 7) is 2.81. The van der Waals surface area contributed by atoms with Crippen LogP contribution < -0.4 is 11.1 Å². The van der Waals surface area contributed by atoms with E-state index in [1.54, 1.807) is 0 Å². The monoisotopic (exact) mass is 298 g/mol. The van der Waals surface area contributed by atoms with E-state index in [0.29, 0.717) is 13.2 Å². The minimum Gasteiger partial charge on any atom is -0.379 e. The lowest BCUT2D eigenvalue weighted by Gasteiger charge is -2.14. The van der Waals surface area contributed by atoms with Gasteiger partial charge in [0.25, 0.3) is 0 Å². The highest BCUT2D eigenvalue weighted by atomic mass is 79.9. The number of nitrogens with two attached hydrogens (primary N) is 1. The summed E-state index contributed by atoms with van der Waals surface area (Å²) in [7, 11) is 0. The van der Waals surface area contributed by atoms with Gasteiger partial charge in [0.1, 0.15) is 0 Å². The Bertz CT molecular complexity index is 437. The second-order valence-electron chi connectivity index (χ2n) is 4.26. The van der Waals surface area contributed by atoms with E-state index in [1.165, 1.54) is 0 Å². The Balaban J connectivity index is 2.07. The predicted octanol–water partition coefficient (Wildman–Crippen LogP) is 1.67. The van der Waals surface area contributed by atoms with Crippen LogP contribution in [0.3, 0.4) is 0 Å². The van der Waals surface area contributed by atoms with Crippen molar-refractivity contribution in [1.82, 2.24) is 0 Å². The Morgan fingerprint density at radius 2 is 2.29 bits per heavy atom. The lowest BCUT2D eigenvalue weighted by Crippen LogP contribution is -2.37. The molecule has 4 nitrogen and oxygen atoms in total. The number of carbonyl (C=O) groups is 1. The number of hydrogen-bond acceptors (Lipinski definition) is 3. The van der Waals surface area contributed by atoms with Crippen LogP contribution in [0.25, 0.3) is 0 Å². The summed E-state index contributed by atoms with van der Waals surface area (Å²) in [6, 6.07) is 5.53. The first-order valence-electron chi connectivity index (χ1n) is 5.48. The average molecular weight is 299 g/mol. The summed E-state index contributed by atoms with van der Waals surface area (Å²) >= 11 is 3.39. The van der Waals surface area contributed by atoms with Crippen molar-refractivity contribution in [2.75, 3.05) is 18.5 Å². The third-order valence-corrected chi connectivity index (χ3v) is 3.40. The molecule has 0 radical (unpaired) electrons. The van der Waals surface area contributed by atoms with Crippen LogP contribution in [0, 0.1) is 12.8 Å². The van der Waals surface area contributed by atoms with Crippen molar-refractivity contribution in [1.29, 1.82) is 0 Å². The molecule has 1 fully saturated rings. The molecule has 1 aliphatic heterocycles. The van der Waals surface area contributed by atoms with Crippen molar-refractivity contribution in [3.8, 4) is 0 Å². The number of ether oxygens (including phenoxy) is 1. The van der Waals surface area contributed by atoms with Gasteiger partial charge in [0.2, 0.25) is 5.91 Å². The number of hydrogen-bond donors (Lipinski definition) is 2. The third-order valence-electron chi connectivity index (χ3n) is 2.91. The molecule has 5 heteroatoms. The van der Waals surface area contributed by atoms with E-state index < -0.39 is 0 Å². The minimum absolute atomic E-state index is 0.0691. The highest BCUT2D eigenvalue weighted by molar-refractivity contribution is 9.10. The van der Waals surface area contributed by atoms with Gasteiger partial charge in [-0.2, -0.15) is 0 Å². The van der Waals surface area contributed by atoms with Gasteiger partial charge < -0.3 is 15.8 Å². The van der Waals surface area contributed by atoms with E-state index >= 15 is 0 Å². The molecule has 17 heavy (non-hydrogen) atoms. The fourth-order valence-corrected chi connectivity index (χ4v) is 2.31. The predicted molar refractivity (Wildman–Crippen MR) is 69.8 cm³/mol. The maximum Gasteiger partial charge on any atom is 0.231 e. The Hall–Kier alpha value is -0.910. The van der Waals surface area contributed by atoms with Crippen LogP contribution in [0.1, 0.15) is 5.56 Å². The molecule has 0 saturated carbocycles. The SMILES string of the molecule is Cc1cc(Br)ccc1NC(=O)C1COCC1N. The van der Waals surface area contributed by atoms with Gasteiger partial charge in [-0.05, 0) is 30.7 Å². The van der Waals surface area contributed by atoms with E-state index in [1.807, 2.05) is 25.1 Å². The lowest BCUT2D eigenvalue weighted by molar-refractivity contribution is -0.120. The van der Waals surface area contributed by atoms with E-state index in [9.17, 15) is 4.79 Å². The number of carbonyl (C=O) groups excluding carboxylic acids is 1. The van der Waals surface area contributed by atoms with E-state index in [2.05, 4.69) is 21.2 Å². The molecule has 2 unspecified atom stereocenters. The topological polar surface area (TPSA) is 64.3 Å². The molecule has 1 amide bonds. The van der Waals surface area contributed by atoms with Crippen molar-refractivity contribution in [3.05, 3.63) is 28.2 Å². The zero-order valence-corrected chi connectivity index (χ0v) is 11.2. The summed E-state index contributed by atoms with van der Waals surface area (Å²) in [5, 5.41) is 2.89. The number of benzene rings is 1. The fourth-order valence-electron chi connectivity index (χ4n) is 1.83. The molecular formula is C12H15BrN2O2. The minimum atomic E-state index is -0.252. The van der Waals surface area contributed by atoms with Crippen molar-refractivity contribution in [2.45, 2.75) is 13.0 Å². The zero-order valence-electron chi connectivity index (χ0n) is 9.57. The fraction of sp³-hybridized carbons (Fsp3) is 0.417. The first-order valence-corrected chi connectivity index (χ1v) is 6.27. The summed E-state index contributed by atoms with van der Waals surface area (Å²) in [5.41, 5.74) is 7.63. The Morgan fingerprint density at radius 1 is 1.53 bits per heavy atom. The highest BCUT2D eigenvalue weighted by Gasteiger charge is 2.31. The van der Waals surface area contributed by atoms with Crippen LogP contribution >= 0.6 is 15.9 Å². The number of nitrogens with one attached hydrogen (secondary N) is 1. The molecule has 2 rings (SSSR count). The second kappa shape index (κ2) is 5.16. The van der Waals surface area contributed by atoms with Crippen molar-refractivity contribution in [2.24, 2.45) is 11.7 Å². The molecule has 0 bridgehead atoms. The average Bonchev–Trinajstić information content (AvgIpc) is 2.68. The van der Waals surface area contributed by atoms with Gasteiger partial charge in [0, 0.05) is 16.2 Å².